The van der Waals surface area contributed by atoms with E-state index >= 15 is 0 Å². The lowest BCUT2D eigenvalue weighted by molar-refractivity contribution is 0.252. The molecule has 7 nitrogen and oxygen atoms in total. The quantitative estimate of drug-likeness (QED) is 0.739. The number of anilines is 1. The number of amides is 2. The third-order valence-corrected chi connectivity index (χ3v) is 3.65. The van der Waals surface area contributed by atoms with Crippen LogP contribution in [0, 0.1) is 0 Å². The Morgan fingerprint density at radius 1 is 1.19 bits per heavy atom. The van der Waals surface area contributed by atoms with Gasteiger partial charge in [-0.2, -0.15) is 0 Å². The zero-order valence-electron chi connectivity index (χ0n) is 12.3. The molecule has 8 heteroatoms. The van der Waals surface area contributed by atoms with Crippen LogP contribution in [0.25, 0.3) is 0 Å². The molecule has 1 aromatic carbocycles. The molecule has 0 aliphatic rings. The molecular formula is C13H20N2O5S. The van der Waals surface area contributed by atoms with Crippen molar-refractivity contribution in [3.05, 3.63) is 18.2 Å². The first kappa shape index (κ1) is 17.1. The Balaban J connectivity index is 2.48. The fourth-order valence-electron chi connectivity index (χ4n) is 1.63. The number of carbonyl (C=O) groups is 1. The molecule has 1 rings (SSSR count). The molecule has 0 bridgehead atoms. The van der Waals surface area contributed by atoms with Gasteiger partial charge in [0.15, 0.2) is 11.5 Å². The molecule has 0 heterocycles. The van der Waals surface area contributed by atoms with Gasteiger partial charge in [0, 0.05) is 24.6 Å². The lowest BCUT2D eigenvalue weighted by Gasteiger charge is -2.11. The zero-order chi connectivity index (χ0) is 15.9. The summed E-state index contributed by atoms with van der Waals surface area (Å²) in [6, 6.07) is 4.58. The van der Waals surface area contributed by atoms with Crippen LogP contribution in [-0.2, 0) is 9.84 Å². The third-order valence-electron chi connectivity index (χ3n) is 2.62. The molecule has 118 valence electrons. The number of nitrogens with one attached hydrogen (secondary N) is 2. The van der Waals surface area contributed by atoms with Crippen molar-refractivity contribution in [1.29, 1.82) is 0 Å². The van der Waals surface area contributed by atoms with Gasteiger partial charge >= 0.3 is 6.03 Å². The molecule has 0 spiro atoms. The van der Waals surface area contributed by atoms with Gasteiger partial charge in [-0.1, -0.05) is 0 Å². The highest BCUT2D eigenvalue weighted by molar-refractivity contribution is 7.90. The van der Waals surface area contributed by atoms with Crippen molar-refractivity contribution in [2.75, 3.05) is 38.1 Å². The zero-order valence-corrected chi connectivity index (χ0v) is 13.1. The molecule has 0 unspecified atom stereocenters. The van der Waals surface area contributed by atoms with Gasteiger partial charge in [-0.3, -0.25) is 0 Å². The van der Waals surface area contributed by atoms with Crippen LogP contribution in [0.5, 0.6) is 11.5 Å². The van der Waals surface area contributed by atoms with Crippen LogP contribution in [0.3, 0.4) is 0 Å². The summed E-state index contributed by atoms with van der Waals surface area (Å²) >= 11 is 0. The largest absolute Gasteiger partial charge is 0.493 e. The predicted molar refractivity (Wildman–Crippen MR) is 80.9 cm³/mol. The first-order valence-corrected chi connectivity index (χ1v) is 8.36. The lowest BCUT2D eigenvalue weighted by atomic mass is 10.3. The minimum absolute atomic E-state index is 0.0453. The van der Waals surface area contributed by atoms with Crippen LogP contribution in [0.4, 0.5) is 10.5 Å². The van der Waals surface area contributed by atoms with Gasteiger partial charge in [0.25, 0.3) is 0 Å². The molecule has 1 aromatic rings. The van der Waals surface area contributed by atoms with Crippen LogP contribution in [0.2, 0.25) is 0 Å². The van der Waals surface area contributed by atoms with E-state index in [1.165, 1.54) is 14.2 Å². The van der Waals surface area contributed by atoms with E-state index in [-0.39, 0.29) is 12.3 Å². The van der Waals surface area contributed by atoms with Crippen LogP contribution in [-0.4, -0.2) is 47.2 Å². The first-order valence-electron chi connectivity index (χ1n) is 6.30. The highest BCUT2D eigenvalue weighted by Crippen LogP contribution is 2.29. The van der Waals surface area contributed by atoms with Gasteiger partial charge in [-0.15, -0.1) is 0 Å². The van der Waals surface area contributed by atoms with Crippen molar-refractivity contribution < 1.29 is 22.7 Å². The van der Waals surface area contributed by atoms with Gasteiger partial charge in [0.1, 0.15) is 9.84 Å². The molecule has 0 fully saturated rings. The summed E-state index contributed by atoms with van der Waals surface area (Å²) in [5, 5.41) is 5.21. The summed E-state index contributed by atoms with van der Waals surface area (Å²) in [7, 11) is 0.0343. The summed E-state index contributed by atoms with van der Waals surface area (Å²) in [5.41, 5.74) is 0.549. The molecule has 0 saturated carbocycles. The van der Waals surface area contributed by atoms with Crippen molar-refractivity contribution in [3.8, 4) is 11.5 Å². The minimum atomic E-state index is -3.00. The summed E-state index contributed by atoms with van der Waals surface area (Å²) in [6.45, 7) is 0.284. The monoisotopic (exact) mass is 316 g/mol. The number of hydrogen-bond donors (Lipinski definition) is 2. The summed E-state index contributed by atoms with van der Waals surface area (Å²) in [5.74, 6) is 1.12. The van der Waals surface area contributed by atoms with E-state index in [2.05, 4.69) is 10.6 Å². The van der Waals surface area contributed by atoms with Crippen LogP contribution < -0.4 is 20.1 Å². The molecule has 21 heavy (non-hydrogen) atoms. The highest BCUT2D eigenvalue weighted by Gasteiger charge is 2.07. The van der Waals surface area contributed by atoms with Crippen molar-refractivity contribution in [3.63, 3.8) is 0 Å². The second-order valence-corrected chi connectivity index (χ2v) is 6.69. The number of methoxy groups -OCH3 is 2. The Morgan fingerprint density at radius 2 is 1.86 bits per heavy atom. The normalized spacial score (nSPS) is 10.8. The molecule has 0 aliphatic carbocycles. The predicted octanol–water partition coefficient (Wildman–Crippen LogP) is 1.26. The minimum Gasteiger partial charge on any atom is -0.493 e. The number of sulfone groups is 1. The molecule has 2 amide bonds. The molecule has 0 aliphatic heterocycles. The summed E-state index contributed by atoms with van der Waals surface area (Å²) < 4.78 is 32.1. The van der Waals surface area contributed by atoms with Crippen LogP contribution in [0.1, 0.15) is 6.42 Å². The number of hydrogen-bond acceptors (Lipinski definition) is 5. The van der Waals surface area contributed by atoms with E-state index < -0.39 is 15.9 Å². The Bertz CT molecular complexity index is 586. The van der Waals surface area contributed by atoms with Gasteiger partial charge in [-0.25, -0.2) is 13.2 Å². The number of ether oxygens (including phenoxy) is 2. The van der Waals surface area contributed by atoms with E-state index in [9.17, 15) is 13.2 Å². The standard InChI is InChI=1S/C13H20N2O5S/c1-19-11-6-5-10(9-12(11)20-2)15-13(16)14-7-4-8-21(3,17)18/h5-6,9H,4,7-8H2,1-3H3,(H2,14,15,16). The third kappa shape index (κ3) is 6.35. The summed E-state index contributed by atoms with van der Waals surface area (Å²) in [6.07, 6.45) is 1.54. The molecule has 0 aromatic heterocycles. The van der Waals surface area contributed by atoms with E-state index in [1.54, 1.807) is 18.2 Å². The van der Waals surface area contributed by atoms with E-state index in [0.29, 0.717) is 23.6 Å². The second-order valence-electron chi connectivity index (χ2n) is 4.43. The smallest absolute Gasteiger partial charge is 0.319 e. The lowest BCUT2D eigenvalue weighted by Crippen LogP contribution is -2.30. The highest BCUT2D eigenvalue weighted by atomic mass is 32.2. The second kappa shape index (κ2) is 7.72. The maximum atomic E-state index is 11.6. The molecular weight excluding hydrogens is 296 g/mol. The van der Waals surface area contributed by atoms with Crippen LogP contribution in [0.15, 0.2) is 18.2 Å². The van der Waals surface area contributed by atoms with Gasteiger partial charge in [0.2, 0.25) is 0 Å². The maximum Gasteiger partial charge on any atom is 0.319 e. The Morgan fingerprint density at radius 3 is 2.43 bits per heavy atom. The van der Waals surface area contributed by atoms with Crippen LogP contribution >= 0.6 is 0 Å². The SMILES string of the molecule is COc1ccc(NC(=O)NCCCS(C)(=O)=O)cc1OC. The van der Waals surface area contributed by atoms with Crippen molar-refractivity contribution in [1.82, 2.24) is 5.32 Å². The topological polar surface area (TPSA) is 93.7 Å². The molecule has 0 atom stereocenters. The van der Waals surface area contributed by atoms with Gasteiger partial charge in [0.05, 0.1) is 20.0 Å². The van der Waals surface area contributed by atoms with E-state index in [1.807, 2.05) is 0 Å². The average Bonchev–Trinajstić information content (AvgIpc) is 2.42. The molecule has 2 N–H and O–H groups in total. The van der Waals surface area contributed by atoms with Crippen molar-refractivity contribution in [2.45, 2.75) is 6.42 Å². The number of benzene rings is 1. The Labute approximate surface area is 124 Å². The number of rotatable bonds is 7. The maximum absolute atomic E-state index is 11.6. The fraction of sp³-hybridized carbons (Fsp3) is 0.462. The first-order chi connectivity index (χ1) is 9.85. The van der Waals surface area contributed by atoms with E-state index in [0.717, 1.165) is 6.26 Å². The van der Waals surface area contributed by atoms with Gasteiger partial charge in [-0.05, 0) is 18.6 Å². The average molecular weight is 316 g/mol. The fourth-order valence-corrected chi connectivity index (χ4v) is 2.29. The molecule has 0 saturated heterocycles. The van der Waals surface area contributed by atoms with Gasteiger partial charge < -0.3 is 20.1 Å². The van der Waals surface area contributed by atoms with Crippen molar-refractivity contribution in [2.24, 2.45) is 0 Å². The molecule has 0 radical (unpaired) electrons. The summed E-state index contributed by atoms with van der Waals surface area (Å²) in [4.78, 5) is 11.6. The van der Waals surface area contributed by atoms with Crippen molar-refractivity contribution >= 4 is 21.6 Å². The Hall–Kier alpha value is -1.96. The number of carbonyl (C=O) groups excluding carboxylic acids is 1. The number of urea groups is 1. The van der Waals surface area contributed by atoms with E-state index in [4.69, 9.17) is 9.47 Å². The Kier molecular flexibility index (Phi) is 6.29.